The molecule has 1 aromatic heterocycles. The molecule has 0 radical (unpaired) electrons. The van der Waals surface area contributed by atoms with Crippen LogP contribution in [-0.2, 0) is 16.3 Å². The van der Waals surface area contributed by atoms with Gasteiger partial charge in [0.15, 0.2) is 9.84 Å². The molecule has 7 heteroatoms. The third-order valence-electron chi connectivity index (χ3n) is 4.71. The van der Waals surface area contributed by atoms with Crippen molar-refractivity contribution in [2.24, 2.45) is 0 Å². The van der Waals surface area contributed by atoms with Gasteiger partial charge in [0.05, 0.1) is 23.4 Å². The number of hydrogen-bond donors (Lipinski definition) is 1. The number of nitrogens with one attached hydrogen (secondary N) is 1. The minimum absolute atomic E-state index is 0.0304. The van der Waals surface area contributed by atoms with Gasteiger partial charge in [-0.3, -0.25) is 4.79 Å². The number of sulfone groups is 1. The SMILES string of the molecule is CCc1ccc(Nc2ccc(C(=O)N(C)C3CCS(=O)(=O)C3)nc2)cc1. The average molecular weight is 373 g/mol. The number of benzene rings is 1. The van der Waals surface area contributed by atoms with E-state index < -0.39 is 9.84 Å². The summed E-state index contributed by atoms with van der Waals surface area (Å²) in [5.74, 6) is -0.0867. The quantitative estimate of drug-likeness (QED) is 0.872. The number of carbonyl (C=O) groups excluding carboxylic acids is 1. The average Bonchev–Trinajstić information content (AvgIpc) is 3.01. The van der Waals surface area contributed by atoms with Crippen LogP contribution in [0.4, 0.5) is 11.4 Å². The van der Waals surface area contributed by atoms with Crippen LogP contribution >= 0.6 is 0 Å². The van der Waals surface area contributed by atoms with Gasteiger partial charge in [-0.15, -0.1) is 0 Å². The topological polar surface area (TPSA) is 79.4 Å². The van der Waals surface area contributed by atoms with Crippen LogP contribution in [0.1, 0.15) is 29.4 Å². The lowest BCUT2D eigenvalue weighted by molar-refractivity contribution is 0.0742. The first-order valence-electron chi connectivity index (χ1n) is 8.67. The van der Waals surface area contributed by atoms with E-state index in [0.717, 1.165) is 17.8 Å². The van der Waals surface area contributed by atoms with Crippen molar-refractivity contribution >= 4 is 27.1 Å². The highest BCUT2D eigenvalue weighted by atomic mass is 32.2. The van der Waals surface area contributed by atoms with Gasteiger partial charge in [-0.05, 0) is 42.7 Å². The summed E-state index contributed by atoms with van der Waals surface area (Å²) in [5, 5.41) is 3.25. The number of aromatic nitrogens is 1. The molecule has 1 atom stereocenters. The fraction of sp³-hybridized carbons (Fsp3) is 0.368. The molecule has 1 aliphatic rings. The van der Waals surface area contributed by atoms with Gasteiger partial charge in [-0.25, -0.2) is 13.4 Å². The zero-order valence-corrected chi connectivity index (χ0v) is 15.8. The molecule has 1 aliphatic heterocycles. The molecule has 138 valence electrons. The third kappa shape index (κ3) is 4.22. The minimum atomic E-state index is -3.03. The van der Waals surface area contributed by atoms with Crippen molar-refractivity contribution in [3.05, 3.63) is 53.9 Å². The van der Waals surface area contributed by atoms with Crippen LogP contribution in [0.15, 0.2) is 42.6 Å². The molecule has 26 heavy (non-hydrogen) atoms. The number of pyridine rings is 1. The first-order chi connectivity index (χ1) is 12.4. The Kier molecular flexibility index (Phi) is 5.27. The Hall–Kier alpha value is -2.41. The van der Waals surface area contributed by atoms with E-state index in [9.17, 15) is 13.2 Å². The summed E-state index contributed by atoms with van der Waals surface area (Å²) in [4.78, 5) is 18.3. The Morgan fingerprint density at radius 1 is 1.19 bits per heavy atom. The fourth-order valence-electron chi connectivity index (χ4n) is 3.01. The maximum absolute atomic E-state index is 12.5. The van der Waals surface area contributed by atoms with Gasteiger partial charge < -0.3 is 10.2 Å². The second-order valence-corrected chi connectivity index (χ2v) is 8.81. The molecule has 2 heterocycles. The van der Waals surface area contributed by atoms with Gasteiger partial charge in [0.1, 0.15) is 5.69 Å². The number of aryl methyl sites for hydroxylation is 1. The summed E-state index contributed by atoms with van der Waals surface area (Å²) in [6, 6.07) is 11.3. The number of nitrogens with zero attached hydrogens (tertiary/aromatic N) is 2. The molecule has 1 fully saturated rings. The van der Waals surface area contributed by atoms with Crippen LogP contribution in [0.3, 0.4) is 0 Å². The van der Waals surface area contributed by atoms with Crippen molar-refractivity contribution in [3.63, 3.8) is 0 Å². The fourth-order valence-corrected chi connectivity index (χ4v) is 4.79. The molecule has 0 saturated carbocycles. The second-order valence-electron chi connectivity index (χ2n) is 6.58. The van der Waals surface area contributed by atoms with Crippen LogP contribution in [-0.4, -0.2) is 48.8 Å². The van der Waals surface area contributed by atoms with Crippen LogP contribution in [0.25, 0.3) is 0 Å². The highest BCUT2D eigenvalue weighted by Gasteiger charge is 2.33. The number of amides is 1. The lowest BCUT2D eigenvalue weighted by atomic mass is 10.1. The minimum Gasteiger partial charge on any atom is -0.354 e. The lowest BCUT2D eigenvalue weighted by Gasteiger charge is -2.23. The van der Waals surface area contributed by atoms with E-state index in [1.165, 1.54) is 10.5 Å². The maximum Gasteiger partial charge on any atom is 0.272 e. The maximum atomic E-state index is 12.5. The molecule has 1 saturated heterocycles. The van der Waals surface area contributed by atoms with E-state index >= 15 is 0 Å². The zero-order chi connectivity index (χ0) is 18.7. The zero-order valence-electron chi connectivity index (χ0n) is 15.0. The molecule has 3 rings (SSSR count). The van der Waals surface area contributed by atoms with Crippen molar-refractivity contribution in [1.82, 2.24) is 9.88 Å². The van der Waals surface area contributed by atoms with E-state index in [4.69, 9.17) is 0 Å². The first-order valence-corrected chi connectivity index (χ1v) is 10.5. The molecule has 1 N–H and O–H groups in total. The van der Waals surface area contributed by atoms with Crippen molar-refractivity contribution in [2.75, 3.05) is 23.9 Å². The highest BCUT2D eigenvalue weighted by Crippen LogP contribution is 2.20. The predicted octanol–water partition coefficient (Wildman–Crippen LogP) is 2.65. The monoisotopic (exact) mass is 373 g/mol. The van der Waals surface area contributed by atoms with Crippen LogP contribution < -0.4 is 5.32 Å². The van der Waals surface area contributed by atoms with Gasteiger partial charge in [0.2, 0.25) is 0 Å². The molecular weight excluding hydrogens is 350 g/mol. The predicted molar refractivity (Wildman–Crippen MR) is 102 cm³/mol. The summed E-state index contributed by atoms with van der Waals surface area (Å²) in [6.07, 6.45) is 3.09. The van der Waals surface area contributed by atoms with Crippen LogP contribution in [0.5, 0.6) is 0 Å². The molecular formula is C19H23N3O3S. The molecule has 6 nitrogen and oxygen atoms in total. The van der Waals surface area contributed by atoms with E-state index in [2.05, 4.69) is 29.4 Å². The van der Waals surface area contributed by atoms with E-state index in [0.29, 0.717) is 12.1 Å². The summed E-state index contributed by atoms with van der Waals surface area (Å²) in [6.45, 7) is 2.11. The smallest absolute Gasteiger partial charge is 0.272 e. The Morgan fingerprint density at radius 3 is 2.42 bits per heavy atom. The second kappa shape index (κ2) is 7.45. The van der Waals surface area contributed by atoms with E-state index in [1.807, 2.05) is 12.1 Å². The Bertz CT molecular complexity index is 877. The van der Waals surface area contributed by atoms with Gasteiger partial charge in [0, 0.05) is 18.8 Å². The van der Waals surface area contributed by atoms with Gasteiger partial charge in [0.25, 0.3) is 5.91 Å². The van der Waals surface area contributed by atoms with Crippen molar-refractivity contribution < 1.29 is 13.2 Å². The summed E-state index contributed by atoms with van der Waals surface area (Å²) >= 11 is 0. The van der Waals surface area contributed by atoms with Gasteiger partial charge in [-0.2, -0.15) is 0 Å². The lowest BCUT2D eigenvalue weighted by Crippen LogP contribution is -2.38. The number of carbonyl (C=O) groups is 1. The largest absolute Gasteiger partial charge is 0.354 e. The molecule has 1 unspecified atom stereocenters. The van der Waals surface area contributed by atoms with E-state index in [1.54, 1.807) is 25.4 Å². The molecule has 1 amide bonds. The standard InChI is InChI=1S/C19H23N3O3S/c1-3-14-4-6-15(7-5-14)21-16-8-9-18(20-12-16)19(23)22(2)17-10-11-26(24,25)13-17/h4-9,12,17,21H,3,10-11,13H2,1-2H3. The summed E-state index contributed by atoms with van der Waals surface area (Å²) in [5.41, 5.74) is 3.32. The van der Waals surface area contributed by atoms with Crippen molar-refractivity contribution in [3.8, 4) is 0 Å². The molecule has 0 aliphatic carbocycles. The molecule has 0 bridgehead atoms. The molecule has 1 aromatic carbocycles. The molecule has 2 aromatic rings. The van der Waals surface area contributed by atoms with Crippen LogP contribution in [0.2, 0.25) is 0 Å². The van der Waals surface area contributed by atoms with Gasteiger partial charge in [-0.1, -0.05) is 19.1 Å². The number of anilines is 2. The number of hydrogen-bond acceptors (Lipinski definition) is 5. The van der Waals surface area contributed by atoms with Crippen molar-refractivity contribution in [2.45, 2.75) is 25.8 Å². The Balaban J connectivity index is 1.65. The number of rotatable bonds is 5. The van der Waals surface area contributed by atoms with E-state index in [-0.39, 0.29) is 23.5 Å². The first kappa shape index (κ1) is 18.4. The van der Waals surface area contributed by atoms with Crippen LogP contribution in [0, 0.1) is 0 Å². The summed E-state index contributed by atoms with van der Waals surface area (Å²) < 4.78 is 23.2. The Morgan fingerprint density at radius 2 is 1.88 bits per heavy atom. The third-order valence-corrected chi connectivity index (χ3v) is 6.46. The normalized spacial score (nSPS) is 18.5. The molecule has 0 spiro atoms. The summed E-state index contributed by atoms with van der Waals surface area (Å²) in [7, 11) is -1.39. The van der Waals surface area contributed by atoms with Gasteiger partial charge >= 0.3 is 0 Å². The highest BCUT2D eigenvalue weighted by molar-refractivity contribution is 7.91. The van der Waals surface area contributed by atoms with Crippen molar-refractivity contribution in [1.29, 1.82) is 0 Å². The Labute approximate surface area is 154 Å².